The van der Waals surface area contributed by atoms with Crippen molar-refractivity contribution in [2.45, 2.75) is 83.2 Å². The van der Waals surface area contributed by atoms with Gasteiger partial charge in [0.15, 0.2) is 0 Å². The lowest BCUT2D eigenvalue weighted by molar-refractivity contribution is 0.294. The Hall–Kier alpha value is -0.370. The largest absolute Gasteiger partial charge is 0.335 e. The van der Waals surface area contributed by atoms with Gasteiger partial charge in [0.2, 0.25) is 0 Å². The highest BCUT2D eigenvalue weighted by atomic mass is 31.2. The smallest absolute Gasteiger partial charge is 0.324 e. The van der Waals surface area contributed by atoms with Crippen LogP contribution in [0.5, 0.6) is 0 Å². The first-order valence-corrected chi connectivity index (χ1v) is 10.5. The summed E-state index contributed by atoms with van der Waals surface area (Å²) in [5.74, 6) is -0.0334. The number of hydrogen-bond acceptors (Lipinski definition) is 1. The maximum Gasteiger partial charge on any atom is 0.335 e. The summed E-state index contributed by atoms with van der Waals surface area (Å²) in [5, 5.41) is -0.971. The van der Waals surface area contributed by atoms with Crippen LogP contribution in [0.1, 0.15) is 78.1 Å². The fourth-order valence-electron chi connectivity index (χ4n) is 3.40. The first-order chi connectivity index (χ1) is 10.5. The zero-order valence-corrected chi connectivity index (χ0v) is 15.1. The van der Waals surface area contributed by atoms with Crippen LogP contribution in [0.4, 0.5) is 0 Å². The Labute approximate surface area is 136 Å². The lowest BCUT2D eigenvalue weighted by atomic mass is 9.80. The summed E-state index contributed by atoms with van der Waals surface area (Å²) in [6, 6.07) is 0. The van der Waals surface area contributed by atoms with Gasteiger partial charge in [-0.25, -0.2) is 0 Å². The molecule has 2 N–H and O–H groups in total. The van der Waals surface area contributed by atoms with Gasteiger partial charge in [0.1, 0.15) is 0 Å². The Morgan fingerprint density at radius 1 is 0.955 bits per heavy atom. The van der Waals surface area contributed by atoms with Gasteiger partial charge < -0.3 is 9.79 Å². The quantitative estimate of drug-likeness (QED) is 0.384. The highest BCUT2D eigenvalue weighted by Gasteiger charge is 2.49. The highest BCUT2D eigenvalue weighted by Crippen LogP contribution is 2.60. The van der Waals surface area contributed by atoms with E-state index in [4.69, 9.17) is 0 Å². The molecule has 0 spiro atoms. The summed E-state index contributed by atoms with van der Waals surface area (Å²) in [6.07, 6.45) is 17.9. The van der Waals surface area contributed by atoms with E-state index >= 15 is 0 Å². The molecule has 1 rings (SSSR count). The molecule has 2 unspecified atom stereocenters. The van der Waals surface area contributed by atoms with Crippen molar-refractivity contribution >= 4 is 7.60 Å². The van der Waals surface area contributed by atoms with Gasteiger partial charge in [0, 0.05) is 0 Å². The Bertz CT molecular complexity index is 411. The molecule has 0 radical (unpaired) electrons. The third-order valence-corrected chi connectivity index (χ3v) is 6.61. The van der Waals surface area contributed by atoms with Crippen LogP contribution in [0.25, 0.3) is 0 Å². The van der Waals surface area contributed by atoms with Gasteiger partial charge in [-0.2, -0.15) is 0 Å². The molecule has 0 saturated heterocycles. The van der Waals surface area contributed by atoms with Crippen molar-refractivity contribution in [3.05, 3.63) is 24.3 Å². The van der Waals surface area contributed by atoms with E-state index in [1.165, 1.54) is 25.7 Å². The van der Waals surface area contributed by atoms with E-state index in [0.717, 1.165) is 32.1 Å². The first-order valence-electron chi connectivity index (χ1n) is 8.89. The van der Waals surface area contributed by atoms with Crippen molar-refractivity contribution in [2.24, 2.45) is 5.92 Å². The minimum Gasteiger partial charge on any atom is -0.324 e. The van der Waals surface area contributed by atoms with Gasteiger partial charge >= 0.3 is 7.60 Å². The van der Waals surface area contributed by atoms with E-state index in [2.05, 4.69) is 13.8 Å². The second-order valence-electron chi connectivity index (χ2n) is 6.55. The summed E-state index contributed by atoms with van der Waals surface area (Å²) < 4.78 is 12.3. The van der Waals surface area contributed by atoms with E-state index < -0.39 is 12.8 Å². The van der Waals surface area contributed by atoms with E-state index in [9.17, 15) is 14.4 Å². The van der Waals surface area contributed by atoms with Crippen molar-refractivity contribution in [2.75, 3.05) is 0 Å². The van der Waals surface area contributed by atoms with Gasteiger partial charge in [0.25, 0.3) is 0 Å². The van der Waals surface area contributed by atoms with Crippen LogP contribution in [0.3, 0.4) is 0 Å². The molecule has 0 fully saturated rings. The van der Waals surface area contributed by atoms with E-state index in [-0.39, 0.29) is 5.92 Å². The monoisotopic (exact) mass is 328 g/mol. The molecule has 0 aromatic rings. The Morgan fingerprint density at radius 2 is 1.59 bits per heavy atom. The number of unbranched alkanes of at least 4 members (excludes halogenated alkanes) is 6. The zero-order valence-electron chi connectivity index (χ0n) is 14.2. The van der Waals surface area contributed by atoms with E-state index in [0.29, 0.717) is 6.42 Å². The third-order valence-electron chi connectivity index (χ3n) is 4.82. The fourth-order valence-corrected chi connectivity index (χ4v) is 4.77. The number of allylic oxidation sites excluding steroid dienone is 4. The molecule has 0 aromatic heterocycles. The summed E-state index contributed by atoms with van der Waals surface area (Å²) in [6.45, 7) is 4.32. The molecular weight excluding hydrogens is 295 g/mol. The third kappa shape index (κ3) is 5.37. The molecule has 1 aliphatic rings. The predicted octanol–water partition coefficient (Wildman–Crippen LogP) is 5.59. The van der Waals surface area contributed by atoms with Gasteiger partial charge in [-0.1, -0.05) is 89.5 Å². The maximum atomic E-state index is 12.3. The first kappa shape index (κ1) is 19.7. The van der Waals surface area contributed by atoms with Crippen molar-refractivity contribution < 1.29 is 14.4 Å². The van der Waals surface area contributed by atoms with Crippen molar-refractivity contribution in [3.63, 3.8) is 0 Å². The maximum absolute atomic E-state index is 12.3. The van der Waals surface area contributed by atoms with Crippen LogP contribution in [0.2, 0.25) is 0 Å². The zero-order chi connectivity index (χ0) is 16.5. The molecule has 0 aromatic carbocycles. The molecule has 0 heterocycles. The van der Waals surface area contributed by atoms with Crippen molar-refractivity contribution in [1.82, 2.24) is 0 Å². The standard InChI is InChI=1S/C18H33O3P/c1-3-5-7-8-9-11-15-18(22(19,20)21)16-12-10-14-17(18)13-6-4-2/h10,12,14,16-17H,3-9,11,13,15H2,1-2H3,(H2,19,20,21). The molecule has 2 atom stereocenters. The molecule has 4 heteroatoms. The molecule has 0 bridgehead atoms. The average molecular weight is 328 g/mol. The van der Waals surface area contributed by atoms with Crippen LogP contribution < -0.4 is 0 Å². The van der Waals surface area contributed by atoms with Gasteiger partial charge in [-0.15, -0.1) is 0 Å². The summed E-state index contributed by atoms with van der Waals surface area (Å²) in [5.41, 5.74) is 0. The minimum absolute atomic E-state index is 0.0334. The molecule has 0 aliphatic heterocycles. The molecule has 128 valence electrons. The lowest BCUT2D eigenvalue weighted by Crippen LogP contribution is -2.36. The second-order valence-corrected chi connectivity index (χ2v) is 8.47. The van der Waals surface area contributed by atoms with Crippen LogP contribution >= 0.6 is 7.60 Å². The normalized spacial score (nSPS) is 24.8. The van der Waals surface area contributed by atoms with E-state index in [1.807, 2.05) is 18.2 Å². The Balaban J connectivity index is 2.70. The Morgan fingerprint density at radius 3 is 2.23 bits per heavy atom. The predicted molar refractivity (Wildman–Crippen MR) is 94.1 cm³/mol. The van der Waals surface area contributed by atoms with Crippen LogP contribution in [0, 0.1) is 5.92 Å². The van der Waals surface area contributed by atoms with Crippen LogP contribution in [-0.4, -0.2) is 14.9 Å². The molecule has 3 nitrogen and oxygen atoms in total. The molecule has 0 amide bonds. The van der Waals surface area contributed by atoms with Crippen molar-refractivity contribution in [1.29, 1.82) is 0 Å². The van der Waals surface area contributed by atoms with Crippen molar-refractivity contribution in [3.8, 4) is 0 Å². The van der Waals surface area contributed by atoms with E-state index in [1.54, 1.807) is 6.08 Å². The summed E-state index contributed by atoms with van der Waals surface area (Å²) in [7, 11) is -4.17. The SMILES string of the molecule is CCCCCCCCC1(P(=O)(O)O)C=CC=CC1CCCC. The van der Waals surface area contributed by atoms with Crippen LogP contribution in [0.15, 0.2) is 24.3 Å². The number of hydrogen-bond donors (Lipinski definition) is 2. The van der Waals surface area contributed by atoms with Gasteiger partial charge in [0.05, 0.1) is 5.16 Å². The summed E-state index contributed by atoms with van der Waals surface area (Å²) >= 11 is 0. The lowest BCUT2D eigenvalue weighted by Gasteiger charge is -2.39. The van der Waals surface area contributed by atoms with Gasteiger partial charge in [-0.3, -0.25) is 4.57 Å². The fraction of sp³-hybridized carbons (Fsp3) is 0.778. The summed E-state index contributed by atoms with van der Waals surface area (Å²) in [4.78, 5) is 20.1. The van der Waals surface area contributed by atoms with Crippen LogP contribution in [-0.2, 0) is 4.57 Å². The molecule has 1 aliphatic carbocycles. The Kier molecular flexibility index (Phi) is 8.67. The number of rotatable bonds is 11. The minimum atomic E-state index is -4.17. The average Bonchev–Trinajstić information content (AvgIpc) is 2.48. The highest BCUT2D eigenvalue weighted by molar-refractivity contribution is 7.53. The molecular formula is C18H33O3P. The second kappa shape index (κ2) is 9.70. The molecule has 0 saturated carbocycles. The molecule has 22 heavy (non-hydrogen) atoms. The van der Waals surface area contributed by atoms with Gasteiger partial charge in [-0.05, 0) is 18.8 Å². The topological polar surface area (TPSA) is 57.5 Å².